The Kier molecular flexibility index (Phi) is 6.20. The van der Waals surface area contributed by atoms with E-state index in [2.05, 4.69) is 10.3 Å². The molecule has 8 nitrogen and oxygen atoms in total. The maximum absolute atomic E-state index is 12.7. The summed E-state index contributed by atoms with van der Waals surface area (Å²) in [7, 11) is -3.13. The van der Waals surface area contributed by atoms with Gasteiger partial charge in [0.25, 0.3) is 5.91 Å². The summed E-state index contributed by atoms with van der Waals surface area (Å²) in [5.41, 5.74) is 1.19. The molecule has 30 heavy (non-hydrogen) atoms. The minimum Gasteiger partial charge on any atom is -0.444 e. The molecular formula is C20H27N3O5S2. The van der Waals surface area contributed by atoms with E-state index in [1.165, 1.54) is 18.7 Å². The van der Waals surface area contributed by atoms with Crippen LogP contribution in [0.4, 0.5) is 10.5 Å². The number of hydrogen-bond acceptors (Lipinski definition) is 6. The fraction of sp³-hybridized carbons (Fsp3) is 0.550. The molecule has 2 saturated heterocycles. The number of carbonyl (C=O) groups excluding carboxylic acids is 2. The second-order valence-corrected chi connectivity index (χ2v) is 12.0. The minimum absolute atomic E-state index is 0.0253. The molecule has 2 aliphatic heterocycles. The summed E-state index contributed by atoms with van der Waals surface area (Å²) in [6.07, 6.45) is -0.694. The van der Waals surface area contributed by atoms with Gasteiger partial charge < -0.3 is 15.0 Å². The zero-order chi connectivity index (χ0) is 22.3. The molecule has 0 spiro atoms. The van der Waals surface area contributed by atoms with E-state index >= 15 is 0 Å². The largest absolute Gasteiger partial charge is 0.444 e. The number of carbonyl (C=O) groups is 2. The van der Waals surface area contributed by atoms with Crippen molar-refractivity contribution < 1.29 is 22.7 Å². The second-order valence-electron chi connectivity index (χ2n) is 8.61. The number of amides is 2. The molecule has 0 saturated carbocycles. The van der Waals surface area contributed by atoms with Crippen molar-refractivity contribution in [2.75, 3.05) is 16.4 Å². The first-order chi connectivity index (χ1) is 13.8. The Hall–Kier alpha value is -2.07. The summed E-state index contributed by atoms with van der Waals surface area (Å²) in [5, 5.41) is 2.76. The average molecular weight is 454 g/mol. The molecular weight excluding hydrogens is 426 g/mol. The van der Waals surface area contributed by atoms with Crippen LogP contribution in [0.25, 0.3) is 0 Å². The van der Waals surface area contributed by atoms with E-state index in [1.807, 2.05) is 36.1 Å². The van der Waals surface area contributed by atoms with Crippen LogP contribution in [-0.4, -0.2) is 60.0 Å². The van der Waals surface area contributed by atoms with Gasteiger partial charge in [0.05, 0.1) is 17.5 Å². The van der Waals surface area contributed by atoms with Crippen molar-refractivity contribution in [3.8, 4) is 0 Å². The van der Waals surface area contributed by atoms with Gasteiger partial charge in [0, 0.05) is 10.9 Å². The monoisotopic (exact) mass is 453 g/mol. The number of aliphatic imine (C=N–C) groups is 1. The van der Waals surface area contributed by atoms with Crippen molar-refractivity contribution in [2.45, 2.75) is 57.6 Å². The molecule has 164 valence electrons. The standard InChI is InChI=1S/C20H27N3O5S2/c1-12-6-8-14(9-7-12)23-15-10-30(26,27)11-16(15)29-18(23)22-17(24)13(2)21-19(25)28-20(3,4)5/h6-9,13,15-16H,10-11H2,1-5H3,(H,21,25)/t13-,15-,16-/m1/s1. The summed E-state index contributed by atoms with van der Waals surface area (Å²) in [5.74, 6) is -0.440. The Labute approximate surface area is 181 Å². The zero-order valence-electron chi connectivity index (χ0n) is 17.7. The van der Waals surface area contributed by atoms with Crippen LogP contribution in [0, 0.1) is 6.92 Å². The Balaban J connectivity index is 1.82. The molecule has 3 atom stereocenters. The highest BCUT2D eigenvalue weighted by atomic mass is 32.2. The normalized spacial score (nSPS) is 25.1. The fourth-order valence-corrected chi connectivity index (χ4v) is 7.23. The summed E-state index contributed by atoms with van der Waals surface area (Å²) < 4.78 is 29.5. The summed E-state index contributed by atoms with van der Waals surface area (Å²) in [6.45, 7) is 8.72. The summed E-state index contributed by atoms with van der Waals surface area (Å²) >= 11 is 1.30. The number of thioether (sulfide) groups is 1. The smallest absolute Gasteiger partial charge is 0.408 e. The number of alkyl carbamates (subject to hydrolysis) is 1. The van der Waals surface area contributed by atoms with Crippen molar-refractivity contribution in [3.05, 3.63) is 29.8 Å². The van der Waals surface area contributed by atoms with Gasteiger partial charge in [0.1, 0.15) is 11.6 Å². The van der Waals surface area contributed by atoms with Gasteiger partial charge in [-0.15, -0.1) is 0 Å². The van der Waals surface area contributed by atoms with Crippen LogP contribution in [0.5, 0.6) is 0 Å². The van der Waals surface area contributed by atoms with E-state index in [1.54, 1.807) is 20.8 Å². The molecule has 1 aromatic carbocycles. The number of benzene rings is 1. The molecule has 3 rings (SSSR count). The van der Waals surface area contributed by atoms with Crippen LogP contribution in [0.15, 0.2) is 29.3 Å². The SMILES string of the molecule is Cc1ccc(N2C(=NC(=O)[C@@H](C)NC(=O)OC(C)(C)C)S[C@@H]3CS(=O)(=O)C[C@H]32)cc1. The highest BCUT2D eigenvalue weighted by molar-refractivity contribution is 8.16. The number of sulfone groups is 1. The predicted octanol–water partition coefficient (Wildman–Crippen LogP) is 2.51. The number of rotatable bonds is 3. The van der Waals surface area contributed by atoms with Crippen molar-refractivity contribution in [2.24, 2.45) is 4.99 Å². The van der Waals surface area contributed by atoms with Crippen LogP contribution in [-0.2, 0) is 19.4 Å². The van der Waals surface area contributed by atoms with Crippen LogP contribution in [0.1, 0.15) is 33.3 Å². The topological polar surface area (TPSA) is 105 Å². The van der Waals surface area contributed by atoms with E-state index in [0.717, 1.165) is 11.3 Å². The van der Waals surface area contributed by atoms with Gasteiger partial charge in [0.15, 0.2) is 15.0 Å². The quantitative estimate of drug-likeness (QED) is 0.750. The molecule has 0 unspecified atom stereocenters. The van der Waals surface area contributed by atoms with E-state index in [0.29, 0.717) is 5.17 Å². The van der Waals surface area contributed by atoms with Crippen molar-refractivity contribution >= 4 is 44.5 Å². The number of nitrogens with one attached hydrogen (secondary N) is 1. The van der Waals surface area contributed by atoms with Crippen LogP contribution in [0.3, 0.4) is 0 Å². The molecule has 0 aliphatic carbocycles. The van der Waals surface area contributed by atoms with Gasteiger partial charge in [0.2, 0.25) is 0 Å². The van der Waals surface area contributed by atoms with E-state index in [4.69, 9.17) is 4.74 Å². The van der Waals surface area contributed by atoms with E-state index in [9.17, 15) is 18.0 Å². The Morgan fingerprint density at radius 2 is 1.87 bits per heavy atom. The number of nitrogens with zero attached hydrogens (tertiary/aromatic N) is 2. The van der Waals surface area contributed by atoms with Crippen molar-refractivity contribution in [1.29, 1.82) is 0 Å². The van der Waals surface area contributed by atoms with Crippen molar-refractivity contribution in [3.63, 3.8) is 0 Å². The first kappa shape index (κ1) is 22.6. The molecule has 2 heterocycles. The minimum atomic E-state index is -3.13. The maximum Gasteiger partial charge on any atom is 0.408 e. The van der Waals surface area contributed by atoms with Gasteiger partial charge in [-0.3, -0.25) is 4.79 Å². The Bertz CT molecular complexity index is 967. The van der Waals surface area contributed by atoms with Gasteiger partial charge in [-0.05, 0) is 46.8 Å². The third-order valence-corrected chi connectivity index (χ3v) is 7.90. The van der Waals surface area contributed by atoms with Crippen molar-refractivity contribution in [1.82, 2.24) is 5.32 Å². The van der Waals surface area contributed by atoms with E-state index < -0.39 is 33.5 Å². The lowest BCUT2D eigenvalue weighted by molar-refractivity contribution is -0.119. The lowest BCUT2D eigenvalue weighted by atomic mass is 10.1. The summed E-state index contributed by atoms with van der Waals surface area (Å²) in [4.78, 5) is 30.7. The first-order valence-electron chi connectivity index (χ1n) is 9.70. The molecule has 1 aromatic rings. The molecule has 0 aromatic heterocycles. The molecule has 0 radical (unpaired) electrons. The fourth-order valence-electron chi connectivity index (χ4n) is 3.31. The van der Waals surface area contributed by atoms with Crippen LogP contribution < -0.4 is 10.2 Å². The Morgan fingerprint density at radius 3 is 2.47 bits per heavy atom. The molecule has 2 amide bonds. The van der Waals surface area contributed by atoms with Crippen LogP contribution >= 0.6 is 11.8 Å². The van der Waals surface area contributed by atoms with Gasteiger partial charge >= 0.3 is 6.09 Å². The third-order valence-electron chi connectivity index (χ3n) is 4.69. The van der Waals surface area contributed by atoms with Gasteiger partial charge in [-0.2, -0.15) is 4.99 Å². The Morgan fingerprint density at radius 1 is 1.23 bits per heavy atom. The third kappa shape index (κ3) is 5.34. The predicted molar refractivity (Wildman–Crippen MR) is 119 cm³/mol. The number of aryl methyl sites for hydroxylation is 1. The highest BCUT2D eigenvalue weighted by Crippen LogP contribution is 2.41. The van der Waals surface area contributed by atoms with Gasteiger partial charge in [-0.25, -0.2) is 13.2 Å². The molecule has 10 heteroatoms. The lowest BCUT2D eigenvalue weighted by Crippen LogP contribution is -2.42. The number of ether oxygens (including phenoxy) is 1. The summed E-state index contributed by atoms with van der Waals surface area (Å²) in [6, 6.07) is 6.50. The molecule has 0 bridgehead atoms. The number of fused-ring (bicyclic) bond motifs is 1. The van der Waals surface area contributed by atoms with Gasteiger partial charge in [-0.1, -0.05) is 29.5 Å². The van der Waals surface area contributed by atoms with Crippen LogP contribution in [0.2, 0.25) is 0 Å². The average Bonchev–Trinajstić information content (AvgIpc) is 3.04. The second kappa shape index (κ2) is 8.22. The van der Waals surface area contributed by atoms with E-state index in [-0.39, 0.29) is 22.8 Å². The molecule has 1 N–H and O–H groups in total. The highest BCUT2D eigenvalue weighted by Gasteiger charge is 2.49. The number of anilines is 1. The lowest BCUT2D eigenvalue weighted by Gasteiger charge is -2.25. The molecule has 2 aliphatic rings. The molecule has 2 fully saturated rings. The zero-order valence-corrected chi connectivity index (χ0v) is 19.3. The first-order valence-corrected chi connectivity index (χ1v) is 12.4. The number of amidine groups is 1. The number of hydrogen-bond donors (Lipinski definition) is 1. The maximum atomic E-state index is 12.7.